The van der Waals surface area contributed by atoms with Gasteiger partial charge < -0.3 is 21.1 Å². The SMILES string of the molecule is CC(C)(C)OC(=O)NCCC(=O)Nc1cncnc1N. The molecule has 0 atom stereocenters. The lowest BCUT2D eigenvalue weighted by Gasteiger charge is -2.19. The number of anilines is 2. The minimum Gasteiger partial charge on any atom is -0.444 e. The molecule has 1 aromatic heterocycles. The summed E-state index contributed by atoms with van der Waals surface area (Å²) in [5.41, 5.74) is 5.33. The summed E-state index contributed by atoms with van der Waals surface area (Å²) in [6.07, 6.45) is 2.22. The van der Waals surface area contributed by atoms with Crippen molar-refractivity contribution in [2.75, 3.05) is 17.6 Å². The van der Waals surface area contributed by atoms with Crippen molar-refractivity contribution in [1.82, 2.24) is 15.3 Å². The van der Waals surface area contributed by atoms with Crippen LogP contribution in [0.5, 0.6) is 0 Å². The van der Waals surface area contributed by atoms with Gasteiger partial charge in [0, 0.05) is 13.0 Å². The molecule has 0 unspecified atom stereocenters. The highest BCUT2D eigenvalue weighted by Crippen LogP contribution is 2.11. The maximum absolute atomic E-state index is 11.6. The smallest absolute Gasteiger partial charge is 0.407 e. The number of nitrogens with one attached hydrogen (secondary N) is 2. The first-order valence-corrected chi connectivity index (χ1v) is 6.10. The first-order valence-electron chi connectivity index (χ1n) is 6.10. The second-order valence-electron chi connectivity index (χ2n) is 5.05. The second kappa shape index (κ2) is 6.69. The van der Waals surface area contributed by atoms with Crippen LogP contribution in [0.1, 0.15) is 27.2 Å². The van der Waals surface area contributed by atoms with E-state index in [4.69, 9.17) is 10.5 Å². The topological polar surface area (TPSA) is 119 Å². The van der Waals surface area contributed by atoms with Gasteiger partial charge >= 0.3 is 6.09 Å². The maximum atomic E-state index is 11.6. The number of carbonyl (C=O) groups excluding carboxylic acids is 2. The van der Waals surface area contributed by atoms with Crippen molar-refractivity contribution < 1.29 is 14.3 Å². The van der Waals surface area contributed by atoms with E-state index in [1.54, 1.807) is 20.8 Å². The van der Waals surface area contributed by atoms with Crippen molar-refractivity contribution in [2.24, 2.45) is 0 Å². The van der Waals surface area contributed by atoms with E-state index < -0.39 is 11.7 Å². The molecule has 8 nitrogen and oxygen atoms in total. The Morgan fingerprint density at radius 1 is 1.40 bits per heavy atom. The van der Waals surface area contributed by atoms with Crippen LogP contribution in [0.25, 0.3) is 0 Å². The summed E-state index contributed by atoms with van der Waals surface area (Å²) in [5, 5.41) is 5.04. The van der Waals surface area contributed by atoms with E-state index in [0.29, 0.717) is 5.69 Å². The highest BCUT2D eigenvalue weighted by molar-refractivity contribution is 5.93. The van der Waals surface area contributed by atoms with Crippen LogP contribution in [-0.4, -0.2) is 34.1 Å². The van der Waals surface area contributed by atoms with Gasteiger partial charge in [-0.1, -0.05) is 0 Å². The predicted octanol–water partition coefficient (Wildman–Crippen LogP) is 0.912. The lowest BCUT2D eigenvalue weighted by molar-refractivity contribution is -0.116. The number of hydrogen-bond donors (Lipinski definition) is 3. The van der Waals surface area contributed by atoms with Gasteiger partial charge in [0.25, 0.3) is 0 Å². The lowest BCUT2D eigenvalue weighted by atomic mass is 10.2. The zero-order chi connectivity index (χ0) is 15.2. The predicted molar refractivity (Wildman–Crippen MR) is 73.9 cm³/mol. The molecule has 1 heterocycles. The van der Waals surface area contributed by atoms with Crippen LogP contribution in [-0.2, 0) is 9.53 Å². The number of nitrogens with two attached hydrogens (primary N) is 1. The minimum absolute atomic E-state index is 0.0909. The average molecular weight is 281 g/mol. The summed E-state index contributed by atoms with van der Waals surface area (Å²) in [6, 6.07) is 0. The number of carbonyl (C=O) groups is 2. The van der Waals surface area contributed by atoms with Crippen LogP contribution in [0.3, 0.4) is 0 Å². The molecule has 0 spiro atoms. The van der Waals surface area contributed by atoms with E-state index in [0.717, 1.165) is 0 Å². The average Bonchev–Trinajstić information content (AvgIpc) is 2.29. The number of rotatable bonds is 4. The Kier molecular flexibility index (Phi) is 5.24. The summed E-state index contributed by atoms with van der Waals surface area (Å²) in [7, 11) is 0. The Morgan fingerprint density at radius 2 is 2.10 bits per heavy atom. The standard InChI is InChI=1S/C12H19N5O3/c1-12(2,3)20-11(19)15-5-4-9(18)17-8-6-14-7-16-10(8)13/h6-7H,4-5H2,1-3H3,(H,15,19)(H,17,18)(H2,13,14,16). The van der Waals surface area contributed by atoms with Crippen LogP contribution in [0, 0.1) is 0 Å². The molecule has 0 fully saturated rings. The highest BCUT2D eigenvalue weighted by atomic mass is 16.6. The number of nitrogens with zero attached hydrogens (tertiary/aromatic N) is 2. The van der Waals surface area contributed by atoms with Crippen LogP contribution >= 0.6 is 0 Å². The zero-order valence-electron chi connectivity index (χ0n) is 11.8. The summed E-state index contributed by atoms with van der Waals surface area (Å²) in [4.78, 5) is 30.5. The fraction of sp³-hybridized carbons (Fsp3) is 0.500. The molecular weight excluding hydrogens is 262 g/mol. The van der Waals surface area contributed by atoms with Crippen LogP contribution in [0.15, 0.2) is 12.5 Å². The zero-order valence-corrected chi connectivity index (χ0v) is 11.8. The van der Waals surface area contributed by atoms with E-state index in [1.165, 1.54) is 12.5 Å². The number of nitrogen functional groups attached to an aromatic ring is 1. The van der Waals surface area contributed by atoms with Crippen LogP contribution in [0.2, 0.25) is 0 Å². The molecule has 4 N–H and O–H groups in total. The highest BCUT2D eigenvalue weighted by Gasteiger charge is 2.16. The van der Waals surface area contributed by atoms with Gasteiger partial charge in [-0.15, -0.1) is 0 Å². The molecule has 0 radical (unpaired) electrons. The molecule has 0 bridgehead atoms. The molecule has 8 heteroatoms. The lowest BCUT2D eigenvalue weighted by Crippen LogP contribution is -2.34. The number of hydrogen-bond acceptors (Lipinski definition) is 6. The Labute approximate surface area is 117 Å². The van der Waals surface area contributed by atoms with Gasteiger partial charge in [-0.25, -0.2) is 14.8 Å². The normalized spacial score (nSPS) is 10.8. The molecule has 0 aliphatic rings. The third-order valence-electron chi connectivity index (χ3n) is 2.04. The van der Waals surface area contributed by atoms with E-state index in [9.17, 15) is 9.59 Å². The number of ether oxygens (including phenoxy) is 1. The Hall–Kier alpha value is -2.38. The molecule has 1 rings (SSSR count). The Balaban J connectivity index is 2.31. The van der Waals surface area contributed by atoms with Crippen molar-refractivity contribution in [3.8, 4) is 0 Å². The first kappa shape index (κ1) is 15.7. The third-order valence-corrected chi connectivity index (χ3v) is 2.04. The molecule has 0 saturated carbocycles. The summed E-state index contributed by atoms with van der Waals surface area (Å²) in [5.74, 6) is -0.115. The van der Waals surface area contributed by atoms with Gasteiger partial charge in [-0.3, -0.25) is 4.79 Å². The summed E-state index contributed by atoms with van der Waals surface area (Å²) in [6.45, 7) is 5.45. The van der Waals surface area contributed by atoms with Gasteiger partial charge in [0.15, 0.2) is 5.82 Å². The van der Waals surface area contributed by atoms with Gasteiger partial charge in [-0.2, -0.15) is 0 Å². The van der Waals surface area contributed by atoms with Gasteiger partial charge in [-0.05, 0) is 20.8 Å². The van der Waals surface area contributed by atoms with Gasteiger partial charge in [0.1, 0.15) is 17.6 Å². The van der Waals surface area contributed by atoms with Gasteiger partial charge in [0.05, 0.1) is 6.20 Å². The quantitative estimate of drug-likeness (QED) is 0.754. The molecule has 0 aromatic carbocycles. The van der Waals surface area contributed by atoms with Crippen molar-refractivity contribution >= 4 is 23.5 Å². The van der Waals surface area contributed by atoms with Crippen molar-refractivity contribution in [1.29, 1.82) is 0 Å². The summed E-state index contributed by atoms with van der Waals surface area (Å²) >= 11 is 0. The molecule has 20 heavy (non-hydrogen) atoms. The Bertz CT molecular complexity index is 484. The fourth-order valence-corrected chi connectivity index (χ4v) is 1.24. The molecule has 2 amide bonds. The number of aromatic nitrogens is 2. The maximum Gasteiger partial charge on any atom is 0.407 e. The van der Waals surface area contributed by atoms with Crippen molar-refractivity contribution in [3.05, 3.63) is 12.5 Å². The van der Waals surface area contributed by atoms with Gasteiger partial charge in [0.2, 0.25) is 5.91 Å². The fourth-order valence-electron chi connectivity index (χ4n) is 1.24. The molecular formula is C12H19N5O3. The van der Waals surface area contributed by atoms with E-state index in [1.807, 2.05) is 0 Å². The minimum atomic E-state index is -0.567. The van der Waals surface area contributed by atoms with Crippen LogP contribution in [0.4, 0.5) is 16.3 Å². The third kappa shape index (κ3) is 5.98. The number of alkyl carbamates (subject to hydrolysis) is 1. The largest absolute Gasteiger partial charge is 0.444 e. The van der Waals surface area contributed by atoms with Crippen molar-refractivity contribution in [3.63, 3.8) is 0 Å². The Morgan fingerprint density at radius 3 is 2.70 bits per heavy atom. The summed E-state index contributed by atoms with van der Waals surface area (Å²) < 4.78 is 5.04. The monoisotopic (exact) mass is 281 g/mol. The molecule has 0 aliphatic heterocycles. The first-order chi connectivity index (χ1) is 9.28. The molecule has 1 aromatic rings. The van der Waals surface area contributed by atoms with Crippen LogP contribution < -0.4 is 16.4 Å². The van der Waals surface area contributed by atoms with E-state index >= 15 is 0 Å². The van der Waals surface area contributed by atoms with Crippen molar-refractivity contribution in [2.45, 2.75) is 32.8 Å². The van der Waals surface area contributed by atoms with E-state index in [-0.39, 0.29) is 24.7 Å². The van der Waals surface area contributed by atoms with E-state index in [2.05, 4.69) is 20.6 Å². The molecule has 110 valence electrons. The second-order valence-corrected chi connectivity index (χ2v) is 5.05. The molecule has 0 aliphatic carbocycles. The number of amides is 2. The molecule has 0 saturated heterocycles.